The molecule has 0 bridgehead atoms. The van der Waals surface area contributed by atoms with Crippen LogP contribution in [0.15, 0.2) is 0 Å². The zero-order chi connectivity index (χ0) is 9.26. The lowest BCUT2D eigenvalue weighted by Crippen LogP contribution is -2.48. The summed E-state index contributed by atoms with van der Waals surface area (Å²) in [5, 5.41) is 0. The predicted molar refractivity (Wildman–Crippen MR) is 51.2 cm³/mol. The Morgan fingerprint density at radius 3 is 2.77 bits per heavy atom. The first-order valence-electron chi connectivity index (χ1n) is 5.35. The fraction of sp³-hybridized carbons (Fsp3) is 0.900. The predicted octanol–water partition coefficient (Wildman–Crippen LogP) is 0.879. The molecule has 2 aliphatic heterocycles. The van der Waals surface area contributed by atoms with Crippen LogP contribution in [-0.2, 0) is 4.79 Å². The molecule has 0 saturated carbocycles. The number of rotatable bonds is 0. The molecule has 2 rings (SSSR count). The van der Waals surface area contributed by atoms with Gasteiger partial charge in [-0.2, -0.15) is 0 Å². The van der Waals surface area contributed by atoms with Gasteiger partial charge in [0.15, 0.2) is 0 Å². The fourth-order valence-corrected chi connectivity index (χ4v) is 2.50. The third kappa shape index (κ3) is 1.70. The minimum atomic E-state index is -0.219. The molecule has 1 amide bonds. The largest absolute Gasteiger partial charge is 0.338 e. The smallest absolute Gasteiger partial charge is 0.239 e. The van der Waals surface area contributed by atoms with Crippen molar-refractivity contribution in [3.05, 3.63) is 0 Å². The molecule has 0 aromatic heterocycles. The number of nitrogens with two attached hydrogens (primary N) is 1. The Morgan fingerprint density at radius 1 is 1.15 bits per heavy atom. The summed E-state index contributed by atoms with van der Waals surface area (Å²) in [6.07, 6.45) is 6.80. The lowest BCUT2D eigenvalue weighted by molar-refractivity contribution is -0.135. The van der Waals surface area contributed by atoms with Crippen molar-refractivity contribution in [2.45, 2.75) is 50.6 Å². The Kier molecular flexibility index (Phi) is 2.54. The molecule has 1 unspecified atom stereocenters. The SMILES string of the molecule is N[C@H]1CCCC2CCCCN2C1=O. The van der Waals surface area contributed by atoms with Gasteiger partial charge in [-0.15, -0.1) is 0 Å². The van der Waals surface area contributed by atoms with Crippen molar-refractivity contribution in [2.75, 3.05) is 6.54 Å². The van der Waals surface area contributed by atoms with E-state index in [0.717, 1.165) is 25.8 Å². The molecule has 0 radical (unpaired) electrons. The van der Waals surface area contributed by atoms with Gasteiger partial charge in [0.05, 0.1) is 6.04 Å². The molecule has 0 aromatic rings. The van der Waals surface area contributed by atoms with Crippen LogP contribution in [0.25, 0.3) is 0 Å². The highest BCUT2D eigenvalue weighted by Crippen LogP contribution is 2.25. The van der Waals surface area contributed by atoms with E-state index in [1.807, 2.05) is 4.90 Å². The Balaban J connectivity index is 2.11. The molecular weight excluding hydrogens is 164 g/mol. The summed E-state index contributed by atoms with van der Waals surface area (Å²) >= 11 is 0. The lowest BCUT2D eigenvalue weighted by atomic mass is 9.99. The first-order chi connectivity index (χ1) is 6.29. The molecule has 2 atom stereocenters. The van der Waals surface area contributed by atoms with E-state index < -0.39 is 0 Å². The van der Waals surface area contributed by atoms with E-state index in [2.05, 4.69) is 0 Å². The molecule has 2 heterocycles. The normalized spacial score (nSPS) is 35.5. The van der Waals surface area contributed by atoms with Crippen LogP contribution in [0, 0.1) is 0 Å². The average molecular weight is 182 g/mol. The lowest BCUT2D eigenvalue weighted by Gasteiger charge is -2.35. The van der Waals surface area contributed by atoms with Crippen molar-refractivity contribution in [3.8, 4) is 0 Å². The molecule has 0 aromatic carbocycles. The van der Waals surface area contributed by atoms with Crippen molar-refractivity contribution in [2.24, 2.45) is 5.73 Å². The van der Waals surface area contributed by atoms with Crippen molar-refractivity contribution >= 4 is 5.91 Å². The van der Waals surface area contributed by atoms with Gasteiger partial charge >= 0.3 is 0 Å². The monoisotopic (exact) mass is 182 g/mol. The van der Waals surface area contributed by atoms with Crippen molar-refractivity contribution in [3.63, 3.8) is 0 Å². The van der Waals surface area contributed by atoms with Gasteiger partial charge in [-0.3, -0.25) is 4.79 Å². The number of carbonyl (C=O) groups is 1. The summed E-state index contributed by atoms with van der Waals surface area (Å²) in [4.78, 5) is 13.8. The minimum absolute atomic E-state index is 0.196. The zero-order valence-corrected chi connectivity index (χ0v) is 8.04. The summed E-state index contributed by atoms with van der Waals surface area (Å²) in [6, 6.07) is 0.290. The number of carbonyl (C=O) groups excluding carboxylic acids is 1. The van der Waals surface area contributed by atoms with E-state index in [9.17, 15) is 4.79 Å². The molecule has 0 spiro atoms. The summed E-state index contributed by atoms with van der Waals surface area (Å²) < 4.78 is 0. The molecular formula is C10H18N2O. The van der Waals surface area contributed by atoms with Crippen molar-refractivity contribution in [1.29, 1.82) is 0 Å². The van der Waals surface area contributed by atoms with E-state index in [-0.39, 0.29) is 11.9 Å². The molecule has 3 nitrogen and oxygen atoms in total. The fourth-order valence-electron chi connectivity index (χ4n) is 2.50. The number of hydrogen-bond donors (Lipinski definition) is 1. The quantitative estimate of drug-likeness (QED) is 0.604. The van der Waals surface area contributed by atoms with Crippen LogP contribution < -0.4 is 5.73 Å². The number of amides is 1. The van der Waals surface area contributed by atoms with Gasteiger partial charge in [0, 0.05) is 12.6 Å². The van der Waals surface area contributed by atoms with Gasteiger partial charge in [-0.1, -0.05) is 0 Å². The van der Waals surface area contributed by atoms with Crippen LogP contribution >= 0.6 is 0 Å². The second-order valence-corrected chi connectivity index (χ2v) is 4.22. The molecule has 2 fully saturated rings. The van der Waals surface area contributed by atoms with E-state index in [1.54, 1.807) is 0 Å². The molecule has 3 heteroatoms. The highest BCUT2D eigenvalue weighted by Gasteiger charge is 2.32. The highest BCUT2D eigenvalue weighted by atomic mass is 16.2. The van der Waals surface area contributed by atoms with E-state index in [4.69, 9.17) is 5.73 Å². The molecule has 13 heavy (non-hydrogen) atoms. The molecule has 2 aliphatic rings. The Hall–Kier alpha value is -0.570. The molecule has 2 N–H and O–H groups in total. The van der Waals surface area contributed by atoms with Crippen LogP contribution in [0.4, 0.5) is 0 Å². The first-order valence-corrected chi connectivity index (χ1v) is 5.35. The maximum Gasteiger partial charge on any atom is 0.239 e. The summed E-state index contributed by atoms with van der Waals surface area (Å²) in [5.41, 5.74) is 5.79. The van der Waals surface area contributed by atoms with Crippen LogP contribution in [-0.4, -0.2) is 29.4 Å². The number of hydrogen-bond acceptors (Lipinski definition) is 2. The van der Waals surface area contributed by atoms with Crippen molar-refractivity contribution in [1.82, 2.24) is 4.90 Å². The van der Waals surface area contributed by atoms with Gasteiger partial charge in [0.25, 0.3) is 0 Å². The molecule has 2 saturated heterocycles. The van der Waals surface area contributed by atoms with Gasteiger partial charge in [-0.05, 0) is 38.5 Å². The Morgan fingerprint density at radius 2 is 1.92 bits per heavy atom. The second-order valence-electron chi connectivity index (χ2n) is 4.22. The molecule has 74 valence electrons. The van der Waals surface area contributed by atoms with E-state index in [0.29, 0.717) is 6.04 Å². The third-order valence-electron chi connectivity index (χ3n) is 3.28. The van der Waals surface area contributed by atoms with Crippen molar-refractivity contribution < 1.29 is 4.79 Å². The molecule has 0 aliphatic carbocycles. The summed E-state index contributed by atoms with van der Waals surface area (Å²) in [5.74, 6) is 0.196. The van der Waals surface area contributed by atoms with Gasteiger partial charge in [0.1, 0.15) is 0 Å². The maximum atomic E-state index is 11.8. The van der Waals surface area contributed by atoms with Gasteiger partial charge < -0.3 is 10.6 Å². The first kappa shape index (κ1) is 9.00. The van der Waals surface area contributed by atoms with Gasteiger partial charge in [0.2, 0.25) is 5.91 Å². The van der Waals surface area contributed by atoms with E-state index >= 15 is 0 Å². The van der Waals surface area contributed by atoms with Crippen LogP contribution in [0.1, 0.15) is 38.5 Å². The standard InChI is InChI=1S/C10H18N2O/c11-9-6-3-5-8-4-1-2-7-12(8)10(9)13/h8-9H,1-7,11H2/t8?,9-/m0/s1. The number of fused-ring (bicyclic) bond motifs is 1. The van der Waals surface area contributed by atoms with Crippen LogP contribution in [0.2, 0.25) is 0 Å². The van der Waals surface area contributed by atoms with Crippen LogP contribution in [0.3, 0.4) is 0 Å². The summed E-state index contributed by atoms with van der Waals surface area (Å²) in [7, 11) is 0. The second kappa shape index (κ2) is 3.66. The average Bonchev–Trinajstić information content (AvgIpc) is 2.29. The number of nitrogens with zero attached hydrogens (tertiary/aromatic N) is 1. The minimum Gasteiger partial charge on any atom is -0.338 e. The highest BCUT2D eigenvalue weighted by molar-refractivity contribution is 5.82. The third-order valence-corrected chi connectivity index (χ3v) is 3.28. The van der Waals surface area contributed by atoms with Crippen LogP contribution in [0.5, 0.6) is 0 Å². The van der Waals surface area contributed by atoms with E-state index in [1.165, 1.54) is 19.3 Å². The Labute approximate surface area is 79.3 Å². The maximum absolute atomic E-state index is 11.8. The summed E-state index contributed by atoms with van der Waals surface area (Å²) in [6.45, 7) is 0.942. The topological polar surface area (TPSA) is 46.3 Å². The number of piperidine rings is 1. The van der Waals surface area contributed by atoms with Gasteiger partial charge in [-0.25, -0.2) is 0 Å². The zero-order valence-electron chi connectivity index (χ0n) is 8.04. The Bertz CT molecular complexity index is 205.